The Kier molecular flexibility index (Phi) is 4.15. The Labute approximate surface area is 160 Å². The standard InChI is InChI=1S/C20H15N5O3/c1-11-5-7-13(8-6-11)25-16(27)9-14-17(18(21)28)23-19(24-20(14)25)15-4-2-3-12(10-26)22-15/h2-8,10H,9H2,1H3,(H2,21,28). The summed E-state index contributed by atoms with van der Waals surface area (Å²) in [5.41, 5.74) is 8.04. The second kappa shape index (κ2) is 6.66. The number of benzene rings is 1. The highest BCUT2D eigenvalue weighted by molar-refractivity contribution is 6.09. The highest BCUT2D eigenvalue weighted by Crippen LogP contribution is 2.36. The van der Waals surface area contributed by atoms with Gasteiger partial charge in [-0.3, -0.25) is 19.3 Å². The van der Waals surface area contributed by atoms with Crippen molar-refractivity contribution in [1.29, 1.82) is 0 Å². The number of hydrogen-bond acceptors (Lipinski definition) is 6. The Morgan fingerprint density at radius 3 is 2.54 bits per heavy atom. The topological polar surface area (TPSA) is 119 Å². The second-order valence-corrected chi connectivity index (χ2v) is 6.37. The van der Waals surface area contributed by atoms with E-state index in [1.807, 2.05) is 19.1 Å². The predicted molar refractivity (Wildman–Crippen MR) is 101 cm³/mol. The van der Waals surface area contributed by atoms with Gasteiger partial charge in [-0.15, -0.1) is 0 Å². The summed E-state index contributed by atoms with van der Waals surface area (Å²) < 4.78 is 0. The van der Waals surface area contributed by atoms with E-state index in [-0.39, 0.29) is 29.5 Å². The molecule has 3 aromatic rings. The molecule has 2 amide bonds. The molecule has 138 valence electrons. The maximum atomic E-state index is 12.7. The first-order valence-corrected chi connectivity index (χ1v) is 8.51. The van der Waals surface area contributed by atoms with Crippen molar-refractivity contribution in [3.8, 4) is 11.5 Å². The quantitative estimate of drug-likeness (QED) is 0.699. The summed E-state index contributed by atoms with van der Waals surface area (Å²) in [4.78, 5) is 50.0. The van der Waals surface area contributed by atoms with Crippen LogP contribution < -0.4 is 10.6 Å². The number of aryl methyl sites for hydroxylation is 1. The van der Waals surface area contributed by atoms with Crippen molar-refractivity contribution in [3.05, 3.63) is 65.0 Å². The van der Waals surface area contributed by atoms with Gasteiger partial charge in [0, 0.05) is 5.56 Å². The van der Waals surface area contributed by atoms with E-state index < -0.39 is 5.91 Å². The van der Waals surface area contributed by atoms with Crippen LogP contribution in [0.25, 0.3) is 11.5 Å². The monoisotopic (exact) mass is 373 g/mol. The molecule has 4 rings (SSSR count). The summed E-state index contributed by atoms with van der Waals surface area (Å²) in [5, 5.41) is 0. The molecule has 28 heavy (non-hydrogen) atoms. The van der Waals surface area contributed by atoms with E-state index in [9.17, 15) is 14.4 Å². The van der Waals surface area contributed by atoms with Gasteiger partial charge in [0.15, 0.2) is 12.1 Å². The van der Waals surface area contributed by atoms with Crippen LogP contribution in [0.5, 0.6) is 0 Å². The molecule has 0 spiro atoms. The molecule has 0 bridgehead atoms. The number of fused-ring (bicyclic) bond motifs is 1. The van der Waals surface area contributed by atoms with Crippen molar-refractivity contribution >= 4 is 29.6 Å². The van der Waals surface area contributed by atoms with Crippen molar-refractivity contribution < 1.29 is 14.4 Å². The third kappa shape index (κ3) is 2.90. The summed E-state index contributed by atoms with van der Waals surface area (Å²) in [6.45, 7) is 1.95. The summed E-state index contributed by atoms with van der Waals surface area (Å²) in [6, 6.07) is 12.2. The van der Waals surface area contributed by atoms with Crippen LogP contribution in [0, 0.1) is 6.92 Å². The van der Waals surface area contributed by atoms with Crippen LogP contribution in [0.3, 0.4) is 0 Å². The summed E-state index contributed by atoms with van der Waals surface area (Å²) in [6.07, 6.45) is 0.581. The van der Waals surface area contributed by atoms with Crippen molar-refractivity contribution in [2.24, 2.45) is 5.73 Å². The van der Waals surface area contributed by atoms with Crippen LogP contribution >= 0.6 is 0 Å². The zero-order valence-electron chi connectivity index (χ0n) is 14.9. The molecule has 0 saturated carbocycles. The number of nitrogens with zero attached hydrogens (tertiary/aromatic N) is 4. The van der Waals surface area contributed by atoms with Gasteiger partial charge in [0.1, 0.15) is 22.9 Å². The third-order valence-corrected chi connectivity index (χ3v) is 4.42. The largest absolute Gasteiger partial charge is 0.364 e. The molecule has 8 heteroatoms. The lowest BCUT2D eigenvalue weighted by Gasteiger charge is -2.17. The van der Waals surface area contributed by atoms with Gasteiger partial charge in [-0.05, 0) is 31.2 Å². The number of carbonyl (C=O) groups is 3. The first kappa shape index (κ1) is 17.5. The van der Waals surface area contributed by atoms with Crippen LogP contribution in [0.15, 0.2) is 42.5 Å². The summed E-state index contributed by atoms with van der Waals surface area (Å²) >= 11 is 0. The molecule has 0 fully saturated rings. The number of nitrogens with two attached hydrogens (primary N) is 1. The molecule has 1 aromatic carbocycles. The van der Waals surface area contributed by atoms with Gasteiger partial charge in [0.05, 0.1) is 12.1 Å². The number of pyridine rings is 1. The first-order valence-electron chi connectivity index (χ1n) is 8.51. The molecule has 3 heterocycles. The summed E-state index contributed by atoms with van der Waals surface area (Å²) in [7, 11) is 0. The molecule has 2 N–H and O–H groups in total. The van der Waals surface area contributed by atoms with E-state index >= 15 is 0 Å². The molecule has 0 radical (unpaired) electrons. The fourth-order valence-corrected chi connectivity index (χ4v) is 3.09. The van der Waals surface area contributed by atoms with Crippen LogP contribution in [-0.2, 0) is 11.2 Å². The predicted octanol–water partition coefficient (Wildman–Crippen LogP) is 1.98. The average molecular weight is 373 g/mol. The van der Waals surface area contributed by atoms with Gasteiger partial charge >= 0.3 is 0 Å². The number of carbonyl (C=O) groups excluding carboxylic acids is 3. The van der Waals surface area contributed by atoms with Crippen molar-refractivity contribution in [3.63, 3.8) is 0 Å². The van der Waals surface area contributed by atoms with E-state index in [2.05, 4.69) is 15.0 Å². The van der Waals surface area contributed by atoms with Gasteiger partial charge in [0.2, 0.25) is 5.91 Å². The third-order valence-electron chi connectivity index (χ3n) is 4.42. The molecule has 0 saturated heterocycles. The Bertz CT molecular complexity index is 1130. The molecule has 1 aliphatic heterocycles. The van der Waals surface area contributed by atoms with Gasteiger partial charge < -0.3 is 5.73 Å². The Balaban J connectivity index is 1.92. The van der Waals surface area contributed by atoms with Crippen molar-refractivity contribution in [2.75, 3.05) is 4.90 Å². The van der Waals surface area contributed by atoms with Gasteiger partial charge in [0.25, 0.3) is 5.91 Å². The van der Waals surface area contributed by atoms with Crippen LogP contribution in [0.4, 0.5) is 11.5 Å². The molecule has 2 aromatic heterocycles. The fourth-order valence-electron chi connectivity index (χ4n) is 3.09. The molecule has 1 aliphatic rings. The Morgan fingerprint density at radius 2 is 1.86 bits per heavy atom. The molecule has 0 aliphatic carbocycles. The van der Waals surface area contributed by atoms with Crippen LogP contribution in [0.1, 0.15) is 32.1 Å². The average Bonchev–Trinajstić information content (AvgIpc) is 3.03. The van der Waals surface area contributed by atoms with E-state index in [4.69, 9.17) is 5.73 Å². The Morgan fingerprint density at radius 1 is 1.11 bits per heavy atom. The number of anilines is 2. The highest BCUT2D eigenvalue weighted by Gasteiger charge is 2.35. The molecular formula is C20H15N5O3. The van der Waals surface area contributed by atoms with Crippen molar-refractivity contribution in [2.45, 2.75) is 13.3 Å². The Hall–Kier alpha value is -3.94. The number of aromatic nitrogens is 3. The minimum atomic E-state index is -0.759. The van der Waals surface area contributed by atoms with E-state index in [0.29, 0.717) is 29.0 Å². The second-order valence-electron chi connectivity index (χ2n) is 6.37. The number of primary amides is 1. The maximum absolute atomic E-state index is 12.7. The van der Waals surface area contributed by atoms with E-state index in [1.54, 1.807) is 30.3 Å². The number of aldehydes is 1. The smallest absolute Gasteiger partial charge is 0.267 e. The van der Waals surface area contributed by atoms with Crippen LogP contribution in [0.2, 0.25) is 0 Å². The highest BCUT2D eigenvalue weighted by atomic mass is 16.2. The van der Waals surface area contributed by atoms with E-state index in [1.165, 1.54) is 4.90 Å². The normalized spacial score (nSPS) is 12.8. The zero-order chi connectivity index (χ0) is 19.8. The number of rotatable bonds is 4. The molecule has 0 unspecified atom stereocenters. The lowest BCUT2D eigenvalue weighted by molar-refractivity contribution is -0.116. The van der Waals surface area contributed by atoms with Gasteiger partial charge in [-0.25, -0.2) is 15.0 Å². The maximum Gasteiger partial charge on any atom is 0.267 e. The number of amides is 2. The minimum absolute atomic E-state index is 0.0242. The van der Waals surface area contributed by atoms with Crippen molar-refractivity contribution in [1.82, 2.24) is 15.0 Å². The zero-order valence-corrected chi connectivity index (χ0v) is 14.9. The molecule has 0 atom stereocenters. The number of hydrogen-bond donors (Lipinski definition) is 1. The lowest BCUT2D eigenvalue weighted by atomic mass is 10.1. The molecule has 8 nitrogen and oxygen atoms in total. The SMILES string of the molecule is Cc1ccc(N2C(=O)Cc3c(C(N)=O)nc(-c4cccc(C=O)n4)nc32)cc1. The fraction of sp³-hybridized carbons (Fsp3) is 0.100. The molecular weight excluding hydrogens is 358 g/mol. The van der Waals surface area contributed by atoms with E-state index in [0.717, 1.165) is 5.56 Å². The minimum Gasteiger partial charge on any atom is -0.364 e. The lowest BCUT2D eigenvalue weighted by Crippen LogP contribution is -2.21. The van der Waals surface area contributed by atoms with Gasteiger partial charge in [-0.2, -0.15) is 0 Å². The van der Waals surface area contributed by atoms with Gasteiger partial charge in [-0.1, -0.05) is 23.8 Å². The first-order chi connectivity index (χ1) is 13.5. The van der Waals surface area contributed by atoms with Crippen LogP contribution in [-0.4, -0.2) is 33.1 Å². The summed E-state index contributed by atoms with van der Waals surface area (Å²) in [5.74, 6) is -0.582.